The number of benzene rings is 2. The molecule has 2 N–H and O–H groups in total. The van der Waals surface area contributed by atoms with E-state index in [0.29, 0.717) is 35.8 Å². The molecule has 0 saturated heterocycles. The molecule has 1 atom stereocenters. The molecule has 0 saturated carbocycles. The van der Waals surface area contributed by atoms with Crippen molar-refractivity contribution in [3.05, 3.63) is 76.2 Å². The first kappa shape index (κ1) is 25.5. The number of nitrogens with one attached hydrogen (secondary N) is 2. The van der Waals surface area contributed by atoms with Crippen LogP contribution >= 0.6 is 23.1 Å². The first-order valence-corrected chi connectivity index (χ1v) is 13.2. The largest absolute Gasteiger partial charge is 0.337 e. The molecule has 2 aromatic carbocycles. The van der Waals surface area contributed by atoms with E-state index in [1.54, 1.807) is 11.8 Å². The van der Waals surface area contributed by atoms with Gasteiger partial charge in [-0.05, 0) is 42.7 Å². The highest BCUT2D eigenvalue weighted by Crippen LogP contribution is 2.37. The van der Waals surface area contributed by atoms with Crippen molar-refractivity contribution in [2.75, 3.05) is 17.2 Å². The lowest BCUT2D eigenvalue weighted by Gasteiger charge is -2.25. The number of anilines is 2. The van der Waals surface area contributed by atoms with Crippen LogP contribution in [0.15, 0.2) is 59.5 Å². The Hall–Kier alpha value is -3.61. The summed E-state index contributed by atoms with van der Waals surface area (Å²) in [6, 6.07) is 19.2. The molecule has 184 valence electrons. The summed E-state index contributed by atoms with van der Waals surface area (Å²) in [7, 11) is 0. The smallest absolute Gasteiger partial charge is 0.238 e. The number of nitriles is 1. The summed E-state index contributed by atoms with van der Waals surface area (Å²) in [6.45, 7) is 4.38. The number of thioether (sulfide) groups is 1. The minimum atomic E-state index is -0.431. The van der Waals surface area contributed by atoms with Gasteiger partial charge in [-0.15, -0.1) is 23.1 Å². The number of thiophene rings is 1. The Morgan fingerprint density at radius 1 is 1.14 bits per heavy atom. The highest BCUT2D eigenvalue weighted by Gasteiger charge is 2.27. The lowest BCUT2D eigenvalue weighted by molar-refractivity contribution is -0.129. The van der Waals surface area contributed by atoms with Gasteiger partial charge in [0.25, 0.3) is 0 Å². The molecule has 3 aromatic rings. The van der Waals surface area contributed by atoms with Crippen LogP contribution in [0.25, 0.3) is 0 Å². The van der Waals surface area contributed by atoms with Crippen LogP contribution in [0.4, 0.5) is 10.7 Å². The lowest BCUT2D eigenvalue weighted by atomic mass is 10.0. The maximum Gasteiger partial charge on any atom is 0.238 e. The zero-order chi connectivity index (χ0) is 25.7. The summed E-state index contributed by atoms with van der Waals surface area (Å²) < 4.78 is 0. The van der Waals surface area contributed by atoms with E-state index in [1.165, 1.54) is 30.0 Å². The first-order valence-electron chi connectivity index (χ1n) is 11.6. The van der Waals surface area contributed by atoms with Gasteiger partial charge in [-0.3, -0.25) is 14.4 Å². The fourth-order valence-electron chi connectivity index (χ4n) is 3.98. The van der Waals surface area contributed by atoms with Crippen molar-refractivity contribution in [2.45, 2.75) is 43.4 Å². The molecule has 0 bridgehead atoms. The highest BCUT2D eigenvalue weighted by atomic mass is 32.2. The van der Waals surface area contributed by atoms with Gasteiger partial charge in [-0.2, -0.15) is 5.26 Å². The normalized spacial score (nSPS) is 13.3. The van der Waals surface area contributed by atoms with Crippen LogP contribution in [-0.4, -0.2) is 34.4 Å². The summed E-state index contributed by atoms with van der Waals surface area (Å²) in [5.41, 5.74) is 3.02. The van der Waals surface area contributed by atoms with E-state index in [9.17, 15) is 19.6 Å². The van der Waals surface area contributed by atoms with E-state index >= 15 is 0 Å². The highest BCUT2D eigenvalue weighted by molar-refractivity contribution is 8.00. The van der Waals surface area contributed by atoms with E-state index < -0.39 is 5.25 Å². The molecule has 3 amide bonds. The van der Waals surface area contributed by atoms with Crippen molar-refractivity contribution >= 4 is 51.5 Å². The molecule has 1 aliphatic rings. The number of carbonyl (C=O) groups excluding carboxylic acids is 3. The van der Waals surface area contributed by atoms with Crippen molar-refractivity contribution in [3.63, 3.8) is 0 Å². The van der Waals surface area contributed by atoms with E-state index in [2.05, 4.69) is 16.7 Å². The Morgan fingerprint density at radius 3 is 2.64 bits per heavy atom. The predicted molar refractivity (Wildman–Crippen MR) is 143 cm³/mol. The molecule has 1 aromatic heterocycles. The average molecular weight is 519 g/mol. The Labute approximate surface area is 218 Å². The summed E-state index contributed by atoms with van der Waals surface area (Å²) >= 11 is 2.74. The third kappa shape index (κ3) is 6.14. The van der Waals surface area contributed by atoms with Gasteiger partial charge in [-0.25, -0.2) is 0 Å². The molecule has 36 heavy (non-hydrogen) atoms. The summed E-state index contributed by atoms with van der Waals surface area (Å²) in [5, 5.41) is 15.6. The quantitative estimate of drug-likeness (QED) is 0.437. The van der Waals surface area contributed by atoms with Crippen LogP contribution in [0.3, 0.4) is 0 Å². The maximum absolute atomic E-state index is 13.0. The second kappa shape index (κ2) is 11.4. The minimum Gasteiger partial charge on any atom is -0.337 e. The molecule has 0 radical (unpaired) electrons. The van der Waals surface area contributed by atoms with Crippen LogP contribution in [-0.2, 0) is 33.8 Å². The van der Waals surface area contributed by atoms with Crippen molar-refractivity contribution < 1.29 is 14.4 Å². The van der Waals surface area contributed by atoms with Crippen molar-refractivity contribution in [3.8, 4) is 6.07 Å². The Balaban J connectivity index is 1.38. The molecular weight excluding hydrogens is 492 g/mol. The van der Waals surface area contributed by atoms with E-state index in [4.69, 9.17) is 0 Å². The molecule has 0 aliphatic carbocycles. The second-order valence-electron chi connectivity index (χ2n) is 8.50. The SMILES string of the molecule is CC(=O)N1CCc2c(sc(NC(=O)C(C)Sc3cccc(NC(=O)Cc4ccccc4)c3)c2C#N)C1. The fourth-order valence-corrected chi connectivity index (χ4v) is 6.13. The van der Waals surface area contributed by atoms with Crippen molar-refractivity contribution in [2.24, 2.45) is 0 Å². The molecule has 2 heterocycles. The van der Waals surface area contributed by atoms with E-state index in [1.807, 2.05) is 54.6 Å². The molecule has 1 aliphatic heterocycles. The molecular formula is C27H26N4O3S2. The van der Waals surface area contributed by atoms with Crippen molar-refractivity contribution in [1.29, 1.82) is 5.26 Å². The van der Waals surface area contributed by atoms with Gasteiger partial charge in [0.05, 0.1) is 23.8 Å². The van der Waals surface area contributed by atoms with Gasteiger partial charge in [0.2, 0.25) is 17.7 Å². The number of amides is 3. The summed E-state index contributed by atoms with van der Waals surface area (Å²) in [6.07, 6.45) is 0.893. The number of rotatable bonds is 7. The van der Waals surface area contributed by atoms with Crippen LogP contribution in [0.1, 0.15) is 35.4 Å². The van der Waals surface area contributed by atoms with Gasteiger partial charge < -0.3 is 15.5 Å². The Kier molecular flexibility index (Phi) is 8.08. The van der Waals surface area contributed by atoms with Crippen molar-refractivity contribution in [1.82, 2.24) is 4.90 Å². The topological polar surface area (TPSA) is 102 Å². The Morgan fingerprint density at radius 2 is 1.92 bits per heavy atom. The summed E-state index contributed by atoms with van der Waals surface area (Å²) in [5.74, 6) is -0.318. The van der Waals surface area contributed by atoms with Crippen LogP contribution in [0, 0.1) is 11.3 Å². The summed E-state index contributed by atoms with van der Waals surface area (Å²) in [4.78, 5) is 40.7. The monoisotopic (exact) mass is 518 g/mol. The van der Waals surface area contributed by atoms with Gasteiger partial charge in [-0.1, -0.05) is 36.4 Å². The molecule has 1 unspecified atom stereocenters. The van der Waals surface area contributed by atoms with Gasteiger partial charge in [0.15, 0.2) is 0 Å². The minimum absolute atomic E-state index is 0.00153. The van der Waals surface area contributed by atoms with E-state index in [-0.39, 0.29) is 24.1 Å². The van der Waals surface area contributed by atoms with E-state index in [0.717, 1.165) is 20.9 Å². The zero-order valence-corrected chi connectivity index (χ0v) is 21.7. The molecule has 9 heteroatoms. The second-order valence-corrected chi connectivity index (χ2v) is 11.0. The predicted octanol–water partition coefficient (Wildman–Crippen LogP) is 4.82. The third-order valence-electron chi connectivity index (χ3n) is 5.86. The Bertz CT molecular complexity index is 1330. The first-order chi connectivity index (χ1) is 17.3. The molecule has 7 nitrogen and oxygen atoms in total. The van der Waals surface area contributed by atoms with Gasteiger partial charge >= 0.3 is 0 Å². The third-order valence-corrected chi connectivity index (χ3v) is 8.08. The van der Waals surface area contributed by atoms with Crippen LogP contribution in [0.2, 0.25) is 0 Å². The molecule has 0 fully saturated rings. The van der Waals surface area contributed by atoms with Gasteiger partial charge in [0.1, 0.15) is 11.1 Å². The number of nitrogens with zero attached hydrogens (tertiary/aromatic N) is 2. The number of hydrogen-bond acceptors (Lipinski definition) is 6. The standard InChI is InChI=1S/C27H26N4O3S2/c1-17(26(34)30-27-23(15-28)22-11-12-31(18(2)32)16-24(22)36-27)35-21-10-6-9-20(14-21)29-25(33)13-19-7-4-3-5-8-19/h3-10,14,17H,11-13,16H2,1-2H3,(H,29,33)(H,30,34). The lowest BCUT2D eigenvalue weighted by Crippen LogP contribution is -2.33. The average Bonchev–Trinajstić information content (AvgIpc) is 3.20. The zero-order valence-electron chi connectivity index (χ0n) is 20.0. The number of carbonyl (C=O) groups is 3. The van der Waals surface area contributed by atoms with Crippen LogP contribution < -0.4 is 10.6 Å². The number of fused-ring (bicyclic) bond motifs is 1. The molecule has 0 spiro atoms. The maximum atomic E-state index is 13.0. The molecule has 4 rings (SSSR count). The van der Waals surface area contributed by atoms with Gasteiger partial charge in [0, 0.05) is 28.9 Å². The van der Waals surface area contributed by atoms with Crippen LogP contribution in [0.5, 0.6) is 0 Å². The fraction of sp³-hybridized carbons (Fsp3) is 0.259. The number of hydrogen-bond donors (Lipinski definition) is 2.